The maximum absolute atomic E-state index is 5.94. The molecule has 0 unspecified atom stereocenters. The summed E-state index contributed by atoms with van der Waals surface area (Å²) in [6.45, 7) is 13.9. The van der Waals surface area contributed by atoms with Gasteiger partial charge in [0, 0.05) is 0 Å². The molecule has 0 spiro atoms. The number of benzene rings is 8. The van der Waals surface area contributed by atoms with Gasteiger partial charge in [-0.1, -0.05) is 166 Å². The average Bonchev–Trinajstić information content (AvgIpc) is 3.99. The van der Waals surface area contributed by atoms with Crippen molar-refractivity contribution in [3.63, 3.8) is 0 Å². The van der Waals surface area contributed by atoms with E-state index in [0.717, 1.165) is 44.4 Å². The van der Waals surface area contributed by atoms with E-state index < -0.39 is 0 Å². The van der Waals surface area contributed by atoms with Crippen LogP contribution >= 0.6 is 48.0 Å². The van der Waals surface area contributed by atoms with Crippen molar-refractivity contribution in [3.8, 4) is 33.4 Å². The summed E-state index contributed by atoms with van der Waals surface area (Å²) < 4.78 is 3.34. The summed E-state index contributed by atoms with van der Waals surface area (Å²) in [4.78, 5) is 0. The number of allylic oxidation sites excluding steroid dienone is 4. The zero-order valence-electron chi connectivity index (χ0n) is 37.4. The Morgan fingerprint density at radius 1 is 0.547 bits per heavy atom. The van der Waals surface area contributed by atoms with Gasteiger partial charge in [0.05, 0.1) is 0 Å². The molecule has 0 amide bonds. The molecule has 8 aromatic carbocycles. The molecule has 0 heterocycles. The molecule has 326 valence electrons. The third-order valence-electron chi connectivity index (χ3n) is 10.7. The van der Waals surface area contributed by atoms with Crippen LogP contribution in [0.1, 0.15) is 70.2 Å². The molecule has 0 saturated carbocycles. The molecule has 0 saturated heterocycles. The second kappa shape index (κ2) is 24.3. The standard InChI is InChI=1S/C33H33.2C10H6Cl.C5H5.CH2.2ClH.Zr/c1-32(2,3)30-20-26-24(18-28(30)22-13-9-7-10-14-22)17-25-19-29(23-15-11-8-12-16-23)31(21-27(25)26)33(4,5)6;2*11-10-7-3-5-8-4-1-2-6-9(8)10;1-2-4-5-3-1;;;;/h7-16,18,20-21H,17H2,1-6H3;2*1-4,6-7H;1-3H,4H2;1H2;2*1H;/q4*-1;;;;. The molecule has 0 aromatic heterocycles. The van der Waals surface area contributed by atoms with Crippen LogP contribution in [0.25, 0.3) is 54.9 Å². The first-order valence-electron chi connectivity index (χ1n) is 20.9. The predicted molar refractivity (Wildman–Crippen MR) is 281 cm³/mol. The van der Waals surface area contributed by atoms with E-state index in [2.05, 4.69) is 155 Å². The monoisotopic (exact) mass is 992 g/mol. The van der Waals surface area contributed by atoms with Crippen LogP contribution < -0.4 is 0 Å². The van der Waals surface area contributed by atoms with Crippen molar-refractivity contribution >= 4 is 73.8 Å². The van der Waals surface area contributed by atoms with Crippen LogP contribution in [-0.2, 0) is 41.5 Å². The second-order valence-corrected chi connectivity index (χ2v) is 18.0. The summed E-state index contributed by atoms with van der Waals surface area (Å²) in [5, 5.41) is 5.85. The SMILES string of the molecule is CC(C)(C)c1cc2c([c-]c1-c1ccccc1)Cc1cc(-c3ccccc3)c(C(C)(C)C)cc1-2.Cl.Cl.Clc1cc[c-]c2ccccc12.Clc1cc[c-]c2ccccc12.[C-]1=CC=CC1.[CH2]=[Zr]. The number of halogens is 4. The predicted octanol–water partition coefficient (Wildman–Crippen LogP) is 17.7. The van der Waals surface area contributed by atoms with E-state index in [4.69, 9.17) is 23.2 Å². The van der Waals surface area contributed by atoms with E-state index in [9.17, 15) is 0 Å². The van der Waals surface area contributed by atoms with Crippen molar-refractivity contribution in [2.45, 2.75) is 65.2 Å². The molecule has 0 fully saturated rings. The Kier molecular flexibility index (Phi) is 19.8. The van der Waals surface area contributed by atoms with Crippen molar-refractivity contribution in [1.29, 1.82) is 0 Å². The third kappa shape index (κ3) is 13.2. The summed E-state index contributed by atoms with van der Waals surface area (Å²) in [6, 6.07) is 62.3. The topological polar surface area (TPSA) is 0 Å². The van der Waals surface area contributed by atoms with Gasteiger partial charge in [0.2, 0.25) is 0 Å². The Balaban J connectivity index is 0.000000234. The third-order valence-corrected chi connectivity index (χ3v) is 11.4. The van der Waals surface area contributed by atoms with Gasteiger partial charge in [-0.2, -0.15) is 6.08 Å². The Hall–Kier alpha value is -4.33. The second-order valence-electron chi connectivity index (χ2n) is 17.2. The quantitative estimate of drug-likeness (QED) is 0.151. The first kappa shape index (κ1) is 52.3. The van der Waals surface area contributed by atoms with Crippen LogP contribution in [0, 0.1) is 24.3 Å². The van der Waals surface area contributed by atoms with E-state index >= 15 is 0 Å². The summed E-state index contributed by atoms with van der Waals surface area (Å²) in [5.74, 6) is 0. The van der Waals surface area contributed by atoms with Crippen LogP contribution in [0.4, 0.5) is 0 Å². The Morgan fingerprint density at radius 2 is 1.03 bits per heavy atom. The van der Waals surface area contributed by atoms with Gasteiger partial charge in [0.15, 0.2) is 0 Å². The molecule has 10 rings (SSSR count). The first-order chi connectivity index (χ1) is 29.9. The number of hydrogen-bond acceptors (Lipinski definition) is 0. The normalized spacial score (nSPS) is 11.7. The zero-order valence-corrected chi connectivity index (χ0v) is 43.0. The number of rotatable bonds is 2. The van der Waals surface area contributed by atoms with Crippen molar-refractivity contribution in [1.82, 2.24) is 0 Å². The summed E-state index contributed by atoms with van der Waals surface area (Å²) >= 11 is 13.2. The fraction of sp³-hybridized carbons (Fsp3) is 0.169. The van der Waals surface area contributed by atoms with E-state index in [1.54, 1.807) is 0 Å². The fourth-order valence-electron chi connectivity index (χ4n) is 7.67. The maximum atomic E-state index is 5.94. The molecular formula is C59H54Cl4Zr-4. The molecule has 0 N–H and O–H groups in total. The average molecular weight is 996 g/mol. The van der Waals surface area contributed by atoms with Gasteiger partial charge in [-0.15, -0.1) is 155 Å². The Bertz CT molecular complexity index is 2610. The summed E-state index contributed by atoms with van der Waals surface area (Å²) in [6.07, 6.45) is 10.9. The molecule has 0 bridgehead atoms. The Labute approximate surface area is 419 Å². The summed E-state index contributed by atoms with van der Waals surface area (Å²) in [5.41, 5.74) is 13.5. The van der Waals surface area contributed by atoms with Crippen LogP contribution in [0.5, 0.6) is 0 Å². The van der Waals surface area contributed by atoms with E-state index in [0.29, 0.717) is 0 Å². The molecule has 0 aliphatic heterocycles. The summed E-state index contributed by atoms with van der Waals surface area (Å²) in [7, 11) is 0. The first-order valence-corrected chi connectivity index (χ1v) is 23.4. The molecule has 5 heteroatoms. The van der Waals surface area contributed by atoms with Crippen LogP contribution in [0.3, 0.4) is 0 Å². The molecule has 8 aromatic rings. The van der Waals surface area contributed by atoms with Crippen molar-refractivity contribution < 1.29 is 24.2 Å². The van der Waals surface area contributed by atoms with Gasteiger partial charge < -0.3 is 0 Å². The minimum absolute atomic E-state index is 0. The molecule has 2 aliphatic rings. The van der Waals surface area contributed by atoms with Gasteiger partial charge >= 0.3 is 28.4 Å². The van der Waals surface area contributed by atoms with Gasteiger partial charge in [-0.25, -0.2) is 12.2 Å². The molecule has 0 atom stereocenters. The Morgan fingerprint density at radius 3 is 1.48 bits per heavy atom. The van der Waals surface area contributed by atoms with Crippen LogP contribution in [-0.4, -0.2) is 4.21 Å². The zero-order chi connectivity index (χ0) is 44.3. The van der Waals surface area contributed by atoms with Crippen LogP contribution in [0.2, 0.25) is 10.0 Å². The molecule has 2 aliphatic carbocycles. The van der Waals surface area contributed by atoms with Crippen LogP contribution in [0.15, 0.2) is 170 Å². The van der Waals surface area contributed by atoms with E-state index in [1.165, 1.54) is 79.9 Å². The van der Waals surface area contributed by atoms with Gasteiger partial charge in [0.25, 0.3) is 0 Å². The number of fused-ring (bicyclic) bond motifs is 5. The van der Waals surface area contributed by atoms with Crippen molar-refractivity contribution in [3.05, 3.63) is 226 Å². The van der Waals surface area contributed by atoms with Crippen molar-refractivity contribution in [2.75, 3.05) is 0 Å². The number of hydrogen-bond donors (Lipinski definition) is 0. The fourth-order valence-corrected chi connectivity index (χ4v) is 8.12. The minimum atomic E-state index is 0. The van der Waals surface area contributed by atoms with E-state index in [-0.39, 0.29) is 35.6 Å². The van der Waals surface area contributed by atoms with E-state index in [1.807, 2.05) is 84.9 Å². The van der Waals surface area contributed by atoms with Crippen molar-refractivity contribution in [2.24, 2.45) is 0 Å². The molecule has 0 nitrogen and oxygen atoms in total. The molecule has 64 heavy (non-hydrogen) atoms. The van der Waals surface area contributed by atoms with Gasteiger partial charge in [0.1, 0.15) is 0 Å². The molecular weight excluding hydrogens is 942 g/mol. The van der Waals surface area contributed by atoms with Gasteiger partial charge in [-0.05, 0) is 49.5 Å². The molecule has 0 radical (unpaired) electrons. The van der Waals surface area contributed by atoms with Gasteiger partial charge in [-0.3, -0.25) is 6.08 Å².